The molecular formula is C10H14BrNO2. The molecule has 1 aromatic rings. The molecule has 4 heteroatoms. The Bertz CT molecular complexity index is 296. The third kappa shape index (κ3) is 3.54. The molecule has 1 aromatic heterocycles. The topological polar surface area (TPSA) is 42.2 Å². The first-order valence-corrected chi connectivity index (χ1v) is 5.77. The highest BCUT2D eigenvalue weighted by Gasteiger charge is 2.07. The Labute approximate surface area is 92.0 Å². The molecule has 0 aliphatic carbocycles. The van der Waals surface area contributed by atoms with Crippen LogP contribution >= 0.6 is 15.9 Å². The lowest BCUT2D eigenvalue weighted by atomic mass is 10.3. The molecule has 1 N–H and O–H groups in total. The molecule has 0 saturated heterocycles. The van der Waals surface area contributed by atoms with Crippen LogP contribution in [-0.4, -0.2) is 17.8 Å². The molecule has 0 saturated carbocycles. The van der Waals surface area contributed by atoms with Gasteiger partial charge in [0.1, 0.15) is 5.76 Å². The lowest BCUT2D eigenvalue weighted by molar-refractivity contribution is 0.0924. The Hall–Kier alpha value is -0.770. The number of hydrogen-bond acceptors (Lipinski definition) is 2. The molecule has 0 aliphatic rings. The molecule has 0 atom stereocenters. The number of hydrogen-bond donors (Lipinski definition) is 1. The third-order valence-electron chi connectivity index (χ3n) is 1.81. The van der Waals surface area contributed by atoms with Crippen molar-refractivity contribution in [1.82, 2.24) is 5.32 Å². The smallest absolute Gasteiger partial charge is 0.286 e. The molecule has 0 fully saturated rings. The van der Waals surface area contributed by atoms with Crippen LogP contribution < -0.4 is 5.32 Å². The first-order chi connectivity index (χ1) is 6.74. The lowest BCUT2D eigenvalue weighted by Crippen LogP contribution is -2.23. The van der Waals surface area contributed by atoms with Gasteiger partial charge in [-0.2, -0.15) is 0 Å². The maximum Gasteiger partial charge on any atom is 0.286 e. The standard InChI is InChI=1S/C10H14BrNO2/c1-8-4-5-9(14-8)10(13)12-7-3-2-6-11/h4-5H,2-3,6-7H2,1H3,(H,12,13). The van der Waals surface area contributed by atoms with Crippen LogP contribution in [0.5, 0.6) is 0 Å². The number of furan rings is 1. The van der Waals surface area contributed by atoms with Gasteiger partial charge in [-0.05, 0) is 31.9 Å². The van der Waals surface area contributed by atoms with Crippen LogP contribution in [0.4, 0.5) is 0 Å². The van der Waals surface area contributed by atoms with E-state index in [9.17, 15) is 4.79 Å². The summed E-state index contributed by atoms with van der Waals surface area (Å²) in [4.78, 5) is 11.4. The van der Waals surface area contributed by atoms with E-state index < -0.39 is 0 Å². The minimum absolute atomic E-state index is 0.132. The number of nitrogens with one attached hydrogen (secondary N) is 1. The minimum atomic E-state index is -0.132. The van der Waals surface area contributed by atoms with Crippen molar-refractivity contribution < 1.29 is 9.21 Å². The Morgan fingerprint density at radius 2 is 2.29 bits per heavy atom. The van der Waals surface area contributed by atoms with Crippen LogP contribution in [0, 0.1) is 6.92 Å². The van der Waals surface area contributed by atoms with Crippen molar-refractivity contribution >= 4 is 21.8 Å². The van der Waals surface area contributed by atoms with Gasteiger partial charge >= 0.3 is 0 Å². The number of carbonyl (C=O) groups excluding carboxylic acids is 1. The maximum atomic E-state index is 11.4. The molecule has 0 aliphatic heterocycles. The van der Waals surface area contributed by atoms with Gasteiger partial charge in [-0.1, -0.05) is 15.9 Å². The van der Waals surface area contributed by atoms with Crippen molar-refractivity contribution in [2.75, 3.05) is 11.9 Å². The molecule has 0 spiro atoms. The predicted octanol–water partition coefficient (Wildman–Crippen LogP) is 2.49. The Kier molecular flexibility index (Phi) is 4.73. The zero-order valence-electron chi connectivity index (χ0n) is 8.18. The summed E-state index contributed by atoms with van der Waals surface area (Å²) in [6.45, 7) is 2.52. The van der Waals surface area contributed by atoms with E-state index in [4.69, 9.17) is 4.42 Å². The monoisotopic (exact) mass is 259 g/mol. The van der Waals surface area contributed by atoms with Crippen LogP contribution in [0.15, 0.2) is 16.5 Å². The molecule has 1 amide bonds. The molecule has 0 bridgehead atoms. The summed E-state index contributed by atoms with van der Waals surface area (Å²) in [5.74, 6) is 1.02. The van der Waals surface area contributed by atoms with Gasteiger partial charge in [0.2, 0.25) is 0 Å². The fourth-order valence-corrected chi connectivity index (χ4v) is 1.46. The SMILES string of the molecule is Cc1ccc(C(=O)NCCCCBr)o1. The van der Waals surface area contributed by atoms with Crippen molar-refractivity contribution in [3.05, 3.63) is 23.7 Å². The van der Waals surface area contributed by atoms with Gasteiger partial charge in [0.25, 0.3) is 5.91 Å². The van der Waals surface area contributed by atoms with Gasteiger partial charge in [-0.15, -0.1) is 0 Å². The van der Waals surface area contributed by atoms with E-state index in [1.807, 2.05) is 6.92 Å². The van der Waals surface area contributed by atoms with E-state index >= 15 is 0 Å². The van der Waals surface area contributed by atoms with Crippen LogP contribution in [0.2, 0.25) is 0 Å². The average molecular weight is 260 g/mol. The number of rotatable bonds is 5. The zero-order valence-corrected chi connectivity index (χ0v) is 9.76. The van der Waals surface area contributed by atoms with Crippen LogP contribution in [0.25, 0.3) is 0 Å². The van der Waals surface area contributed by atoms with Crippen molar-refractivity contribution in [3.63, 3.8) is 0 Å². The van der Waals surface area contributed by atoms with Gasteiger partial charge in [0.15, 0.2) is 5.76 Å². The lowest BCUT2D eigenvalue weighted by Gasteiger charge is -2.01. The van der Waals surface area contributed by atoms with E-state index in [0.717, 1.165) is 23.9 Å². The summed E-state index contributed by atoms with van der Waals surface area (Å²) >= 11 is 3.33. The van der Waals surface area contributed by atoms with Gasteiger partial charge in [0.05, 0.1) is 0 Å². The third-order valence-corrected chi connectivity index (χ3v) is 2.37. The van der Waals surface area contributed by atoms with Gasteiger partial charge in [0, 0.05) is 11.9 Å². The average Bonchev–Trinajstić information content (AvgIpc) is 2.59. The van der Waals surface area contributed by atoms with Crippen LogP contribution in [0.1, 0.15) is 29.2 Å². The zero-order chi connectivity index (χ0) is 10.4. The van der Waals surface area contributed by atoms with E-state index in [-0.39, 0.29) is 5.91 Å². The second-order valence-electron chi connectivity index (χ2n) is 3.06. The molecule has 14 heavy (non-hydrogen) atoms. The number of unbranched alkanes of at least 4 members (excludes halogenated alkanes) is 1. The largest absolute Gasteiger partial charge is 0.456 e. The molecule has 0 radical (unpaired) electrons. The normalized spacial score (nSPS) is 10.1. The summed E-state index contributed by atoms with van der Waals surface area (Å²) in [7, 11) is 0. The molecule has 78 valence electrons. The summed E-state index contributed by atoms with van der Waals surface area (Å²) in [6.07, 6.45) is 2.05. The molecular weight excluding hydrogens is 246 g/mol. The first kappa shape index (κ1) is 11.3. The fraction of sp³-hybridized carbons (Fsp3) is 0.500. The molecule has 1 heterocycles. The Morgan fingerprint density at radius 1 is 1.50 bits per heavy atom. The Balaban J connectivity index is 2.29. The van der Waals surface area contributed by atoms with E-state index in [2.05, 4.69) is 21.2 Å². The second kappa shape index (κ2) is 5.86. The highest BCUT2D eigenvalue weighted by Crippen LogP contribution is 2.05. The number of amides is 1. The highest BCUT2D eigenvalue weighted by atomic mass is 79.9. The Morgan fingerprint density at radius 3 is 2.86 bits per heavy atom. The van der Waals surface area contributed by atoms with E-state index in [1.54, 1.807) is 12.1 Å². The van der Waals surface area contributed by atoms with Gasteiger partial charge in [-0.25, -0.2) is 0 Å². The van der Waals surface area contributed by atoms with Crippen molar-refractivity contribution in [2.45, 2.75) is 19.8 Å². The van der Waals surface area contributed by atoms with Crippen LogP contribution in [0.3, 0.4) is 0 Å². The number of aryl methyl sites for hydroxylation is 1. The summed E-state index contributed by atoms with van der Waals surface area (Å²) < 4.78 is 5.18. The first-order valence-electron chi connectivity index (χ1n) is 4.64. The summed E-state index contributed by atoms with van der Waals surface area (Å²) in [5.41, 5.74) is 0. The van der Waals surface area contributed by atoms with E-state index in [1.165, 1.54) is 0 Å². The van der Waals surface area contributed by atoms with Gasteiger partial charge < -0.3 is 9.73 Å². The van der Waals surface area contributed by atoms with Crippen molar-refractivity contribution in [1.29, 1.82) is 0 Å². The number of carbonyl (C=O) groups is 1. The van der Waals surface area contributed by atoms with E-state index in [0.29, 0.717) is 12.3 Å². The number of halogens is 1. The van der Waals surface area contributed by atoms with Crippen LogP contribution in [-0.2, 0) is 0 Å². The highest BCUT2D eigenvalue weighted by molar-refractivity contribution is 9.09. The molecule has 0 unspecified atom stereocenters. The van der Waals surface area contributed by atoms with Crippen molar-refractivity contribution in [2.24, 2.45) is 0 Å². The molecule has 3 nitrogen and oxygen atoms in total. The van der Waals surface area contributed by atoms with Crippen molar-refractivity contribution in [3.8, 4) is 0 Å². The number of alkyl halides is 1. The predicted molar refractivity (Wildman–Crippen MR) is 58.8 cm³/mol. The molecule has 1 rings (SSSR count). The maximum absolute atomic E-state index is 11.4. The quantitative estimate of drug-likeness (QED) is 0.652. The molecule has 0 aromatic carbocycles. The second-order valence-corrected chi connectivity index (χ2v) is 3.86. The summed E-state index contributed by atoms with van der Waals surface area (Å²) in [5, 5.41) is 3.77. The minimum Gasteiger partial charge on any atom is -0.456 e. The summed E-state index contributed by atoms with van der Waals surface area (Å²) in [6, 6.07) is 3.47. The van der Waals surface area contributed by atoms with Gasteiger partial charge in [-0.3, -0.25) is 4.79 Å². The fourth-order valence-electron chi connectivity index (χ4n) is 1.07.